The highest BCUT2D eigenvalue weighted by Gasteiger charge is 2.14. The second-order valence-electron chi connectivity index (χ2n) is 7.21. The maximum absolute atomic E-state index is 13.2. The molecular formula is C27H18ClFN2O2. The van der Waals surface area contributed by atoms with E-state index in [0.29, 0.717) is 22.0 Å². The molecule has 0 aliphatic heterocycles. The van der Waals surface area contributed by atoms with Crippen molar-refractivity contribution in [3.05, 3.63) is 112 Å². The lowest BCUT2D eigenvalue weighted by atomic mass is 10.0. The highest BCUT2D eigenvalue weighted by Crippen LogP contribution is 2.31. The van der Waals surface area contributed by atoms with Gasteiger partial charge in [0.15, 0.2) is 0 Å². The van der Waals surface area contributed by atoms with Crippen molar-refractivity contribution < 1.29 is 13.9 Å². The number of nitrogens with zero attached hydrogens (tertiary/aromatic N) is 1. The molecule has 4 aromatic rings. The lowest BCUT2D eigenvalue weighted by Crippen LogP contribution is -2.13. The third-order valence-electron chi connectivity index (χ3n) is 5.03. The first-order valence-corrected chi connectivity index (χ1v) is 10.5. The molecule has 0 aliphatic carbocycles. The average molecular weight is 457 g/mol. The molecule has 0 atom stereocenters. The van der Waals surface area contributed by atoms with Gasteiger partial charge in [-0.2, -0.15) is 5.26 Å². The normalized spacial score (nSPS) is 11.1. The number of hydrogen-bond donors (Lipinski definition) is 1. The van der Waals surface area contributed by atoms with Crippen molar-refractivity contribution in [1.82, 2.24) is 0 Å². The fourth-order valence-electron chi connectivity index (χ4n) is 3.35. The fraction of sp³-hybridized carbons (Fsp3) is 0.0370. The standard InChI is InChI=1S/C27H18ClFN2O2/c28-25-8-4-2-6-19(25)17-33-26-14-9-18-5-1-3-7-23(18)24(26)15-20(16-30)27(32)31-22-12-10-21(29)11-13-22/h1-15H,17H2,(H,31,32). The molecule has 6 heteroatoms. The Morgan fingerprint density at radius 3 is 2.48 bits per heavy atom. The van der Waals surface area contributed by atoms with E-state index in [-0.39, 0.29) is 12.2 Å². The van der Waals surface area contributed by atoms with Crippen molar-refractivity contribution >= 4 is 40.0 Å². The second kappa shape index (κ2) is 9.99. The summed E-state index contributed by atoms with van der Waals surface area (Å²) in [5.74, 6) is -0.509. The Hall–Kier alpha value is -4.14. The molecule has 0 spiro atoms. The highest BCUT2D eigenvalue weighted by molar-refractivity contribution is 6.31. The lowest BCUT2D eigenvalue weighted by molar-refractivity contribution is -0.112. The molecule has 4 aromatic carbocycles. The minimum atomic E-state index is -0.603. The summed E-state index contributed by atoms with van der Waals surface area (Å²) in [7, 11) is 0. The maximum atomic E-state index is 13.2. The zero-order valence-corrected chi connectivity index (χ0v) is 18.1. The number of rotatable bonds is 6. The number of halogens is 2. The van der Waals surface area contributed by atoms with Crippen LogP contribution in [0, 0.1) is 17.1 Å². The van der Waals surface area contributed by atoms with E-state index in [1.54, 1.807) is 12.1 Å². The highest BCUT2D eigenvalue weighted by atomic mass is 35.5. The molecule has 0 fully saturated rings. The zero-order chi connectivity index (χ0) is 23.2. The van der Waals surface area contributed by atoms with Crippen LogP contribution in [0.3, 0.4) is 0 Å². The van der Waals surface area contributed by atoms with Crippen LogP contribution in [0.15, 0.2) is 90.5 Å². The summed E-state index contributed by atoms with van der Waals surface area (Å²) in [4.78, 5) is 12.8. The molecule has 4 rings (SSSR count). The summed E-state index contributed by atoms with van der Waals surface area (Å²) in [6.07, 6.45) is 1.50. The van der Waals surface area contributed by atoms with Gasteiger partial charge < -0.3 is 10.1 Å². The molecular weight excluding hydrogens is 439 g/mol. The van der Waals surface area contributed by atoms with Crippen LogP contribution in [-0.4, -0.2) is 5.91 Å². The van der Waals surface area contributed by atoms with Crippen LogP contribution < -0.4 is 10.1 Å². The fourth-order valence-corrected chi connectivity index (χ4v) is 3.54. The Morgan fingerprint density at radius 1 is 1.00 bits per heavy atom. The van der Waals surface area contributed by atoms with Gasteiger partial charge in [0.05, 0.1) is 0 Å². The van der Waals surface area contributed by atoms with Crippen molar-refractivity contribution in [3.63, 3.8) is 0 Å². The van der Waals surface area contributed by atoms with Crippen LogP contribution in [-0.2, 0) is 11.4 Å². The Kier molecular flexibility index (Phi) is 6.68. The predicted molar refractivity (Wildman–Crippen MR) is 128 cm³/mol. The first kappa shape index (κ1) is 22.1. The van der Waals surface area contributed by atoms with E-state index in [4.69, 9.17) is 16.3 Å². The first-order valence-electron chi connectivity index (χ1n) is 10.1. The van der Waals surface area contributed by atoms with Gasteiger partial charge in [0.25, 0.3) is 5.91 Å². The number of carbonyl (C=O) groups excluding carboxylic acids is 1. The number of benzene rings is 4. The van der Waals surface area contributed by atoms with Crippen LogP contribution in [0.1, 0.15) is 11.1 Å². The largest absolute Gasteiger partial charge is 0.488 e. The number of amides is 1. The van der Waals surface area contributed by atoms with Crippen LogP contribution in [0.4, 0.5) is 10.1 Å². The van der Waals surface area contributed by atoms with Crippen LogP contribution in [0.5, 0.6) is 5.75 Å². The van der Waals surface area contributed by atoms with Crippen molar-refractivity contribution in [1.29, 1.82) is 5.26 Å². The monoisotopic (exact) mass is 456 g/mol. The summed E-state index contributed by atoms with van der Waals surface area (Å²) < 4.78 is 19.2. The van der Waals surface area contributed by atoms with E-state index < -0.39 is 11.7 Å². The average Bonchev–Trinajstić information content (AvgIpc) is 2.83. The molecule has 0 aliphatic rings. The van der Waals surface area contributed by atoms with E-state index in [1.807, 2.05) is 54.6 Å². The number of nitriles is 1. The minimum Gasteiger partial charge on any atom is -0.488 e. The Morgan fingerprint density at radius 2 is 1.73 bits per heavy atom. The van der Waals surface area contributed by atoms with Crippen molar-refractivity contribution in [3.8, 4) is 11.8 Å². The quantitative estimate of drug-likeness (QED) is 0.257. The van der Waals surface area contributed by atoms with Crippen LogP contribution >= 0.6 is 11.6 Å². The molecule has 0 aromatic heterocycles. The molecule has 1 amide bonds. The number of anilines is 1. The van der Waals surface area contributed by atoms with Gasteiger partial charge in [-0.15, -0.1) is 0 Å². The maximum Gasteiger partial charge on any atom is 0.266 e. The Balaban J connectivity index is 1.70. The lowest BCUT2D eigenvalue weighted by Gasteiger charge is -2.13. The summed E-state index contributed by atoms with van der Waals surface area (Å²) >= 11 is 6.25. The first-order chi connectivity index (χ1) is 16.0. The number of ether oxygens (including phenoxy) is 1. The number of hydrogen-bond acceptors (Lipinski definition) is 3. The summed E-state index contributed by atoms with van der Waals surface area (Å²) in [5.41, 5.74) is 1.69. The minimum absolute atomic E-state index is 0.113. The molecule has 162 valence electrons. The Bertz CT molecular complexity index is 1390. The van der Waals surface area contributed by atoms with Gasteiger partial charge in [-0.3, -0.25) is 4.79 Å². The van der Waals surface area contributed by atoms with Crippen molar-refractivity contribution in [2.24, 2.45) is 0 Å². The summed E-state index contributed by atoms with van der Waals surface area (Å²) in [5, 5.41) is 14.7. The third kappa shape index (κ3) is 5.20. The third-order valence-corrected chi connectivity index (χ3v) is 5.40. The molecule has 4 nitrogen and oxygen atoms in total. The Labute approximate surface area is 195 Å². The van der Waals surface area contributed by atoms with Gasteiger partial charge in [0.2, 0.25) is 0 Å². The van der Waals surface area contributed by atoms with E-state index in [2.05, 4.69) is 5.32 Å². The van der Waals surface area contributed by atoms with Gasteiger partial charge in [-0.25, -0.2) is 4.39 Å². The van der Waals surface area contributed by atoms with Crippen LogP contribution in [0.25, 0.3) is 16.8 Å². The van der Waals surface area contributed by atoms with Gasteiger partial charge in [-0.05, 0) is 53.2 Å². The van der Waals surface area contributed by atoms with Gasteiger partial charge in [0, 0.05) is 21.8 Å². The van der Waals surface area contributed by atoms with E-state index in [9.17, 15) is 14.4 Å². The van der Waals surface area contributed by atoms with E-state index in [1.165, 1.54) is 30.3 Å². The predicted octanol–water partition coefficient (Wildman–Crippen LogP) is 6.76. The summed E-state index contributed by atoms with van der Waals surface area (Å²) in [6.45, 7) is 0.225. The summed E-state index contributed by atoms with van der Waals surface area (Å²) in [6, 6.07) is 26.0. The molecule has 0 heterocycles. The molecule has 0 bridgehead atoms. The van der Waals surface area contributed by atoms with E-state index in [0.717, 1.165) is 16.3 Å². The van der Waals surface area contributed by atoms with Crippen LogP contribution in [0.2, 0.25) is 5.02 Å². The van der Waals surface area contributed by atoms with Gasteiger partial charge >= 0.3 is 0 Å². The molecule has 0 radical (unpaired) electrons. The second-order valence-corrected chi connectivity index (χ2v) is 7.62. The molecule has 0 saturated carbocycles. The van der Waals surface area contributed by atoms with Crippen molar-refractivity contribution in [2.45, 2.75) is 6.61 Å². The number of carbonyl (C=O) groups is 1. The molecule has 0 saturated heterocycles. The smallest absolute Gasteiger partial charge is 0.266 e. The van der Waals surface area contributed by atoms with E-state index >= 15 is 0 Å². The number of nitrogens with one attached hydrogen (secondary N) is 1. The van der Waals surface area contributed by atoms with Crippen molar-refractivity contribution in [2.75, 3.05) is 5.32 Å². The van der Waals surface area contributed by atoms with Gasteiger partial charge in [-0.1, -0.05) is 60.1 Å². The molecule has 33 heavy (non-hydrogen) atoms. The SMILES string of the molecule is N#CC(=Cc1c(OCc2ccccc2Cl)ccc2ccccc12)C(=O)Nc1ccc(F)cc1. The topological polar surface area (TPSA) is 62.1 Å². The molecule has 1 N–H and O–H groups in total. The van der Waals surface area contributed by atoms with Gasteiger partial charge in [0.1, 0.15) is 29.8 Å². The number of fused-ring (bicyclic) bond motifs is 1. The zero-order valence-electron chi connectivity index (χ0n) is 17.4. The molecule has 0 unspecified atom stereocenters.